The number of carboxylic acids is 1. The second-order valence-electron chi connectivity index (χ2n) is 6.42. The SMILES string of the molecule is Cc1cc(Cl)c2c(c1)CC(CC(=O)C1SCN[C@@H]1C(=O)O)CC2. The molecule has 2 N–H and O–H groups in total. The Morgan fingerprint density at radius 1 is 1.43 bits per heavy atom. The fourth-order valence-corrected chi connectivity index (χ4v) is 5.10. The molecule has 1 aliphatic carbocycles. The normalized spacial score (nSPS) is 26.8. The summed E-state index contributed by atoms with van der Waals surface area (Å²) in [6, 6.07) is 3.40. The Balaban J connectivity index is 1.67. The molecule has 124 valence electrons. The van der Waals surface area contributed by atoms with Gasteiger partial charge in [-0.05, 0) is 54.9 Å². The number of nitrogens with one attached hydrogen (secondary N) is 1. The monoisotopic (exact) mass is 353 g/mol. The summed E-state index contributed by atoms with van der Waals surface area (Å²) in [4.78, 5) is 23.7. The molecule has 1 fully saturated rings. The van der Waals surface area contributed by atoms with Gasteiger partial charge in [0.15, 0.2) is 0 Å². The first-order valence-electron chi connectivity index (χ1n) is 7.84. The van der Waals surface area contributed by atoms with Gasteiger partial charge in [-0.1, -0.05) is 17.7 Å². The molecule has 0 amide bonds. The minimum absolute atomic E-state index is 0.0552. The Labute approximate surface area is 145 Å². The number of fused-ring (bicyclic) bond motifs is 1. The minimum atomic E-state index is -0.940. The molecule has 4 nitrogen and oxygen atoms in total. The van der Waals surface area contributed by atoms with Crippen molar-refractivity contribution in [3.63, 3.8) is 0 Å². The zero-order valence-corrected chi connectivity index (χ0v) is 14.5. The van der Waals surface area contributed by atoms with Crippen molar-refractivity contribution >= 4 is 35.1 Å². The van der Waals surface area contributed by atoms with Crippen molar-refractivity contribution in [2.75, 3.05) is 5.88 Å². The molecule has 1 aliphatic heterocycles. The number of halogens is 1. The molecule has 0 bridgehead atoms. The van der Waals surface area contributed by atoms with Crippen LogP contribution in [0.1, 0.15) is 29.5 Å². The zero-order chi connectivity index (χ0) is 16.6. The lowest BCUT2D eigenvalue weighted by Crippen LogP contribution is -2.42. The van der Waals surface area contributed by atoms with Gasteiger partial charge in [0.05, 0.1) is 5.25 Å². The first-order valence-corrected chi connectivity index (χ1v) is 9.26. The van der Waals surface area contributed by atoms with E-state index in [-0.39, 0.29) is 11.7 Å². The van der Waals surface area contributed by atoms with Gasteiger partial charge in [0.1, 0.15) is 11.8 Å². The van der Waals surface area contributed by atoms with E-state index in [1.165, 1.54) is 22.9 Å². The standard InChI is InChI=1S/C17H20ClNO3S/c1-9-4-11-6-10(2-3-12(11)13(18)5-9)7-14(20)16-15(17(21)22)19-8-23-16/h4-5,10,15-16,19H,2-3,6-8H2,1H3,(H,21,22)/t10?,15-,16?/m0/s1. The Morgan fingerprint density at radius 2 is 2.22 bits per heavy atom. The number of aryl methyl sites for hydroxylation is 1. The third kappa shape index (κ3) is 3.57. The number of Topliss-reactive ketones (excluding diaryl/α,β-unsaturated/α-hetero) is 1. The van der Waals surface area contributed by atoms with E-state index in [1.807, 2.05) is 13.0 Å². The molecule has 6 heteroatoms. The van der Waals surface area contributed by atoms with Crippen LogP contribution in [0, 0.1) is 12.8 Å². The molecule has 0 radical (unpaired) electrons. The number of aliphatic carboxylic acids is 1. The number of carboxylic acid groups (broad SMARTS) is 1. The number of benzene rings is 1. The average molecular weight is 354 g/mol. The Morgan fingerprint density at radius 3 is 2.96 bits per heavy atom. The van der Waals surface area contributed by atoms with Gasteiger partial charge in [0.2, 0.25) is 0 Å². The minimum Gasteiger partial charge on any atom is -0.480 e. The summed E-state index contributed by atoms with van der Waals surface area (Å²) < 4.78 is 0. The maximum Gasteiger partial charge on any atom is 0.322 e. The molecule has 23 heavy (non-hydrogen) atoms. The van der Waals surface area contributed by atoms with Gasteiger partial charge in [0.25, 0.3) is 0 Å². The molecule has 2 aliphatic rings. The Hall–Kier alpha value is -1.04. The Bertz CT molecular complexity index is 649. The van der Waals surface area contributed by atoms with Gasteiger partial charge in [0, 0.05) is 17.3 Å². The van der Waals surface area contributed by atoms with E-state index in [0.717, 1.165) is 29.8 Å². The van der Waals surface area contributed by atoms with Gasteiger partial charge in [-0.25, -0.2) is 0 Å². The molecule has 1 saturated heterocycles. The highest BCUT2D eigenvalue weighted by Gasteiger charge is 2.39. The first kappa shape index (κ1) is 16.8. The van der Waals surface area contributed by atoms with Crippen LogP contribution in [0.5, 0.6) is 0 Å². The quantitative estimate of drug-likeness (QED) is 0.871. The van der Waals surface area contributed by atoms with Gasteiger partial charge in [-0.15, -0.1) is 11.8 Å². The molecule has 0 spiro atoms. The maximum absolute atomic E-state index is 12.5. The fraction of sp³-hybridized carbons (Fsp3) is 0.529. The van der Waals surface area contributed by atoms with Crippen molar-refractivity contribution in [3.05, 3.63) is 33.8 Å². The third-order valence-electron chi connectivity index (χ3n) is 4.69. The van der Waals surface area contributed by atoms with Crippen molar-refractivity contribution in [2.24, 2.45) is 5.92 Å². The smallest absolute Gasteiger partial charge is 0.322 e. The van der Waals surface area contributed by atoms with Gasteiger partial charge in [-0.3, -0.25) is 14.9 Å². The lowest BCUT2D eigenvalue weighted by Gasteiger charge is -2.26. The van der Waals surface area contributed by atoms with Crippen molar-refractivity contribution in [3.8, 4) is 0 Å². The number of carbonyl (C=O) groups excluding carboxylic acids is 1. The molecule has 1 aromatic carbocycles. The molecule has 0 saturated carbocycles. The summed E-state index contributed by atoms with van der Waals surface area (Å²) in [5, 5.41) is 12.4. The first-order chi connectivity index (χ1) is 11.0. The van der Waals surface area contributed by atoms with E-state index >= 15 is 0 Å². The van der Waals surface area contributed by atoms with Gasteiger partial charge < -0.3 is 5.11 Å². The number of hydrogen-bond donors (Lipinski definition) is 2. The van der Waals surface area contributed by atoms with E-state index in [1.54, 1.807) is 0 Å². The van der Waals surface area contributed by atoms with E-state index < -0.39 is 17.3 Å². The van der Waals surface area contributed by atoms with Crippen molar-refractivity contribution < 1.29 is 14.7 Å². The van der Waals surface area contributed by atoms with Crippen LogP contribution in [0.15, 0.2) is 12.1 Å². The predicted octanol–water partition coefficient (Wildman–Crippen LogP) is 2.83. The van der Waals surface area contributed by atoms with Gasteiger partial charge in [-0.2, -0.15) is 0 Å². The number of carbonyl (C=O) groups is 2. The molecule has 3 rings (SSSR count). The van der Waals surface area contributed by atoms with E-state index in [4.69, 9.17) is 11.6 Å². The predicted molar refractivity (Wildman–Crippen MR) is 92.1 cm³/mol. The molecular weight excluding hydrogens is 334 g/mol. The van der Waals surface area contributed by atoms with Crippen molar-refractivity contribution in [1.82, 2.24) is 5.32 Å². The molecule has 3 atom stereocenters. The maximum atomic E-state index is 12.5. The average Bonchev–Trinajstić information content (AvgIpc) is 2.96. The highest BCUT2D eigenvalue weighted by Crippen LogP contribution is 2.34. The van der Waals surface area contributed by atoms with Crippen LogP contribution < -0.4 is 5.32 Å². The number of thioether (sulfide) groups is 1. The second-order valence-corrected chi connectivity index (χ2v) is 7.95. The van der Waals surface area contributed by atoms with Crippen molar-refractivity contribution in [1.29, 1.82) is 0 Å². The van der Waals surface area contributed by atoms with E-state index in [2.05, 4.69) is 11.4 Å². The van der Waals surface area contributed by atoms with Crippen LogP contribution in [-0.4, -0.2) is 34.0 Å². The van der Waals surface area contributed by atoms with Gasteiger partial charge >= 0.3 is 5.97 Å². The fourth-order valence-electron chi connectivity index (χ4n) is 3.57. The molecule has 2 unspecified atom stereocenters. The summed E-state index contributed by atoms with van der Waals surface area (Å²) in [7, 11) is 0. The van der Waals surface area contributed by atoms with Crippen molar-refractivity contribution in [2.45, 2.75) is 43.9 Å². The molecule has 1 aromatic rings. The van der Waals surface area contributed by atoms with Crippen LogP contribution in [-0.2, 0) is 22.4 Å². The van der Waals surface area contributed by atoms with Crippen LogP contribution in [0.25, 0.3) is 0 Å². The topological polar surface area (TPSA) is 66.4 Å². The number of ketones is 1. The summed E-state index contributed by atoms with van der Waals surface area (Å²) in [5.74, 6) is -0.0803. The summed E-state index contributed by atoms with van der Waals surface area (Å²) >= 11 is 7.72. The lowest BCUT2D eigenvalue weighted by molar-refractivity contribution is -0.140. The van der Waals surface area contributed by atoms with Crippen LogP contribution in [0.4, 0.5) is 0 Å². The number of rotatable bonds is 4. The van der Waals surface area contributed by atoms with Crippen LogP contribution in [0.3, 0.4) is 0 Å². The number of hydrogen-bond acceptors (Lipinski definition) is 4. The van der Waals surface area contributed by atoms with Crippen LogP contribution >= 0.6 is 23.4 Å². The highest BCUT2D eigenvalue weighted by molar-refractivity contribution is 8.00. The largest absolute Gasteiger partial charge is 0.480 e. The zero-order valence-electron chi connectivity index (χ0n) is 13.0. The summed E-state index contributed by atoms with van der Waals surface area (Å²) in [6.45, 7) is 2.03. The van der Waals surface area contributed by atoms with Crippen LogP contribution in [0.2, 0.25) is 5.02 Å². The molecule has 1 heterocycles. The summed E-state index contributed by atoms with van der Waals surface area (Å²) in [6.07, 6.45) is 3.13. The molecular formula is C17H20ClNO3S. The van der Waals surface area contributed by atoms with E-state index in [9.17, 15) is 14.7 Å². The second kappa shape index (κ2) is 6.83. The summed E-state index contributed by atoms with van der Waals surface area (Å²) in [5.41, 5.74) is 3.59. The molecule has 0 aromatic heterocycles. The third-order valence-corrected chi connectivity index (χ3v) is 6.25. The lowest BCUT2D eigenvalue weighted by atomic mass is 9.80. The highest BCUT2D eigenvalue weighted by atomic mass is 35.5. The Kier molecular flexibility index (Phi) is 4.99. The van der Waals surface area contributed by atoms with E-state index in [0.29, 0.717) is 12.3 Å².